The molecule has 1 fully saturated rings. The van der Waals surface area contributed by atoms with Crippen molar-refractivity contribution in [3.8, 4) is 11.1 Å². The molecule has 5 rings (SSSR count). The molecular weight excluding hydrogens is 525 g/mol. The monoisotopic (exact) mass is 575 g/mol. The fraction of sp³-hybridized carbons (Fsp3) is 0.528. The van der Waals surface area contributed by atoms with Crippen LogP contribution in [-0.2, 0) is 10.8 Å². The number of aliphatic hydroxyl groups excluding tert-OH is 1. The van der Waals surface area contributed by atoms with Crippen LogP contribution in [0.4, 0.5) is 4.39 Å². The fourth-order valence-corrected chi connectivity index (χ4v) is 7.73. The molecule has 2 unspecified atom stereocenters. The summed E-state index contributed by atoms with van der Waals surface area (Å²) in [6, 6.07) is 15.0. The summed E-state index contributed by atoms with van der Waals surface area (Å²) in [6.45, 7) is 15.8. The van der Waals surface area contributed by atoms with E-state index in [4.69, 9.17) is 9.41 Å². The second kappa shape index (κ2) is 12.1. The zero-order chi connectivity index (χ0) is 28.8. The highest BCUT2D eigenvalue weighted by Gasteiger charge is 2.42. The molecule has 3 aromatic rings. The number of fused-ring (bicyclic) bond motifs is 1. The van der Waals surface area contributed by atoms with E-state index in [1.54, 1.807) is 0 Å². The van der Waals surface area contributed by atoms with Crippen molar-refractivity contribution in [3.63, 3.8) is 0 Å². The summed E-state index contributed by atoms with van der Waals surface area (Å²) in [5, 5.41) is 12.2. The minimum Gasteiger partial charge on any atom is -0.410 e. The van der Waals surface area contributed by atoms with Crippen molar-refractivity contribution in [2.75, 3.05) is 0 Å². The number of nitrogens with zero attached hydrogens (tertiary/aromatic N) is 1. The molecule has 3 nitrogen and oxygen atoms in total. The number of pyridine rings is 1. The van der Waals surface area contributed by atoms with Crippen molar-refractivity contribution in [1.29, 1.82) is 0 Å². The molecule has 2 aliphatic rings. The van der Waals surface area contributed by atoms with Gasteiger partial charge in [-0.15, -0.1) is 0 Å². The third kappa shape index (κ3) is 6.53. The van der Waals surface area contributed by atoms with Gasteiger partial charge in [0.25, 0.3) is 0 Å². The molecule has 0 aliphatic heterocycles. The van der Waals surface area contributed by atoms with Gasteiger partial charge < -0.3 is 9.53 Å². The lowest BCUT2D eigenvalue weighted by Crippen LogP contribution is -2.39. The molecule has 222 valence electrons. The molecule has 0 amide bonds. The Labute approximate surface area is 248 Å². The van der Waals surface area contributed by atoms with E-state index in [1.807, 2.05) is 24.3 Å². The summed E-state index contributed by atoms with van der Waals surface area (Å²) in [7, 11) is -2.04. The molecule has 0 bridgehead atoms. The summed E-state index contributed by atoms with van der Waals surface area (Å²) >= 11 is 0. The zero-order valence-corrected chi connectivity index (χ0v) is 26.4. The molecular formula is C36H50FNO2Si. The molecule has 0 spiro atoms. The molecule has 1 aromatic heterocycles. The van der Waals surface area contributed by atoms with E-state index in [-0.39, 0.29) is 24.8 Å². The van der Waals surface area contributed by atoms with Gasteiger partial charge in [0.05, 0.1) is 11.8 Å². The van der Waals surface area contributed by atoms with E-state index >= 15 is 0 Å². The highest BCUT2D eigenvalue weighted by Crippen LogP contribution is 2.52. The van der Waals surface area contributed by atoms with Crippen LogP contribution in [0.2, 0.25) is 18.6 Å². The lowest BCUT2D eigenvalue weighted by atomic mass is 9.71. The van der Waals surface area contributed by atoms with Crippen LogP contribution in [0.25, 0.3) is 11.1 Å². The Hall–Kier alpha value is -2.34. The van der Waals surface area contributed by atoms with Gasteiger partial charge in [-0.3, -0.25) is 4.98 Å². The first-order valence-electron chi connectivity index (χ1n) is 15.1. The number of hydrogen-bond donors (Lipinski definition) is 1. The predicted octanol–water partition coefficient (Wildman–Crippen LogP) is 10.2. The van der Waals surface area contributed by atoms with E-state index in [2.05, 4.69) is 59.8 Å². The van der Waals surface area contributed by atoms with Crippen molar-refractivity contribution < 1.29 is 13.9 Å². The highest BCUT2D eigenvalue weighted by molar-refractivity contribution is 6.72. The first kappa shape index (κ1) is 31.6. The van der Waals surface area contributed by atoms with Gasteiger partial charge in [-0.05, 0) is 85.5 Å². The van der Waals surface area contributed by atoms with Crippen LogP contribution < -0.4 is 0 Å². The molecule has 0 radical (unpaired) electrons. The summed E-state index contributed by atoms with van der Waals surface area (Å²) in [6.07, 6.45) is 5.32. The summed E-state index contributed by atoms with van der Waals surface area (Å²) < 4.78 is 21.4. The van der Waals surface area contributed by atoms with Gasteiger partial charge in [0.2, 0.25) is 0 Å². The first-order chi connectivity index (χ1) is 18.9. The number of hydrogen-bond acceptors (Lipinski definition) is 3. The van der Waals surface area contributed by atoms with Crippen LogP contribution in [0.5, 0.6) is 0 Å². The second-order valence-corrected chi connectivity index (χ2v) is 18.5. The van der Waals surface area contributed by atoms with Crippen molar-refractivity contribution in [1.82, 2.24) is 4.98 Å². The van der Waals surface area contributed by atoms with Crippen LogP contribution in [-0.4, -0.2) is 18.4 Å². The van der Waals surface area contributed by atoms with E-state index in [9.17, 15) is 9.50 Å². The van der Waals surface area contributed by atoms with E-state index in [1.165, 1.54) is 25.0 Å². The van der Waals surface area contributed by atoms with Crippen molar-refractivity contribution >= 4 is 8.32 Å². The van der Waals surface area contributed by atoms with Crippen LogP contribution in [0, 0.1) is 18.2 Å². The normalized spacial score (nSPS) is 19.6. The Kier molecular flexibility index (Phi) is 9.33. The number of benzene rings is 2. The molecule has 2 aromatic carbocycles. The van der Waals surface area contributed by atoms with Gasteiger partial charge in [0.15, 0.2) is 8.32 Å². The molecule has 0 saturated heterocycles. The average Bonchev–Trinajstić information content (AvgIpc) is 3.42. The SMILES string of the molecule is C.Cc1ccc(C(O)c2c(C3CCCC3)nc3c(c2-c2ccc(F)cc2)C(O[Si](C)(C)C(C)C)CC(C)(C)C3)cc1. The maximum absolute atomic E-state index is 14.2. The lowest BCUT2D eigenvalue weighted by molar-refractivity contribution is 0.110. The number of aromatic nitrogens is 1. The lowest BCUT2D eigenvalue weighted by Gasteiger charge is -2.43. The van der Waals surface area contributed by atoms with Crippen molar-refractivity contribution in [2.24, 2.45) is 5.41 Å². The third-order valence-electron chi connectivity index (χ3n) is 9.46. The number of aliphatic hydroxyl groups is 1. The highest BCUT2D eigenvalue weighted by atomic mass is 28.4. The minimum atomic E-state index is -2.04. The van der Waals surface area contributed by atoms with E-state index in [0.29, 0.717) is 11.5 Å². The van der Waals surface area contributed by atoms with Gasteiger partial charge in [-0.1, -0.05) is 89.9 Å². The quantitative estimate of drug-likeness (QED) is 0.285. The Bertz CT molecular complexity index is 1340. The topological polar surface area (TPSA) is 42.4 Å². The summed E-state index contributed by atoms with van der Waals surface area (Å²) in [5.41, 5.74) is 8.57. The van der Waals surface area contributed by atoms with Gasteiger partial charge in [0, 0.05) is 22.7 Å². The van der Waals surface area contributed by atoms with Crippen LogP contribution >= 0.6 is 0 Å². The number of aryl methyl sites for hydroxylation is 1. The Balaban J connectivity index is 0.00000387. The van der Waals surface area contributed by atoms with Crippen LogP contribution in [0.15, 0.2) is 48.5 Å². The second-order valence-electron chi connectivity index (χ2n) is 13.9. The van der Waals surface area contributed by atoms with Gasteiger partial charge in [-0.25, -0.2) is 4.39 Å². The van der Waals surface area contributed by atoms with Gasteiger partial charge >= 0.3 is 0 Å². The summed E-state index contributed by atoms with van der Waals surface area (Å²) in [5.74, 6) is 0.0519. The standard InChI is InChI=1S/C35H46FNO2Si.CH4/c1-22(2)40(6,7)39-29-21-35(4,5)20-28-31(29)30(24-16-18-27(36)19-17-24)32(33(37-28)25-10-8-9-11-25)34(38)26-14-12-23(3)13-15-26;/h12-19,22,25,29,34,38H,8-11,20-21H2,1-7H3;1H4. The van der Waals surface area contributed by atoms with Crippen molar-refractivity contribution in [2.45, 2.75) is 117 Å². The van der Waals surface area contributed by atoms with Gasteiger partial charge in [0.1, 0.15) is 11.9 Å². The molecule has 2 aliphatic carbocycles. The largest absolute Gasteiger partial charge is 0.410 e. The Morgan fingerprint density at radius 2 is 1.61 bits per heavy atom. The summed E-state index contributed by atoms with van der Waals surface area (Å²) in [4.78, 5) is 5.49. The Morgan fingerprint density at radius 3 is 2.20 bits per heavy atom. The van der Waals surface area contributed by atoms with E-state index in [0.717, 1.165) is 70.5 Å². The van der Waals surface area contributed by atoms with Gasteiger partial charge in [-0.2, -0.15) is 0 Å². The van der Waals surface area contributed by atoms with Crippen molar-refractivity contribution in [3.05, 3.63) is 88.0 Å². The molecule has 1 N–H and O–H groups in total. The minimum absolute atomic E-state index is 0. The number of halogens is 1. The smallest absolute Gasteiger partial charge is 0.190 e. The molecule has 5 heteroatoms. The number of rotatable bonds is 7. The predicted molar refractivity (Wildman–Crippen MR) is 171 cm³/mol. The zero-order valence-electron chi connectivity index (χ0n) is 25.4. The molecule has 2 atom stereocenters. The maximum atomic E-state index is 14.2. The molecule has 1 heterocycles. The molecule has 41 heavy (non-hydrogen) atoms. The molecule has 1 saturated carbocycles. The fourth-order valence-electron chi connectivity index (χ4n) is 6.53. The third-order valence-corrected chi connectivity index (χ3v) is 13.1. The average molecular weight is 576 g/mol. The van der Waals surface area contributed by atoms with E-state index < -0.39 is 14.4 Å². The Morgan fingerprint density at radius 1 is 1.00 bits per heavy atom. The maximum Gasteiger partial charge on any atom is 0.190 e. The van der Waals surface area contributed by atoms with Crippen LogP contribution in [0.3, 0.4) is 0 Å². The van der Waals surface area contributed by atoms with Crippen LogP contribution in [0.1, 0.15) is 119 Å². The first-order valence-corrected chi connectivity index (χ1v) is 18.1.